The SMILES string of the molecule is C[C@@]12OC(=O)[C@]1(C(=O)C1=CC(O)CCC1)CC(=O)[C@]2(C)CCCl. The van der Waals surface area contributed by atoms with E-state index >= 15 is 0 Å². The molecule has 5 nitrogen and oxygen atoms in total. The van der Waals surface area contributed by atoms with Crippen molar-refractivity contribution in [2.75, 3.05) is 5.88 Å². The van der Waals surface area contributed by atoms with Crippen molar-refractivity contribution >= 4 is 29.1 Å². The Morgan fingerprint density at radius 3 is 2.70 bits per heavy atom. The summed E-state index contributed by atoms with van der Waals surface area (Å²) in [5, 5.41) is 9.78. The van der Waals surface area contributed by atoms with Gasteiger partial charge in [-0.15, -0.1) is 11.6 Å². The molecule has 126 valence electrons. The molecule has 6 heteroatoms. The zero-order chi connectivity index (χ0) is 17.0. The second kappa shape index (κ2) is 5.15. The van der Waals surface area contributed by atoms with E-state index in [-0.39, 0.29) is 23.9 Å². The van der Waals surface area contributed by atoms with Crippen LogP contribution in [0, 0.1) is 10.8 Å². The number of hydrogen-bond acceptors (Lipinski definition) is 5. The van der Waals surface area contributed by atoms with Crippen LogP contribution >= 0.6 is 11.6 Å². The van der Waals surface area contributed by atoms with Crippen LogP contribution in [0.3, 0.4) is 0 Å². The Morgan fingerprint density at radius 1 is 1.43 bits per heavy atom. The predicted octanol–water partition coefficient (Wildman–Crippen LogP) is 1.94. The lowest BCUT2D eigenvalue weighted by atomic mass is 9.58. The summed E-state index contributed by atoms with van der Waals surface area (Å²) in [6, 6.07) is 0. The van der Waals surface area contributed by atoms with Crippen LogP contribution in [0.4, 0.5) is 0 Å². The number of carbonyl (C=O) groups is 3. The van der Waals surface area contributed by atoms with Gasteiger partial charge in [-0.3, -0.25) is 14.4 Å². The van der Waals surface area contributed by atoms with Crippen LogP contribution in [0.15, 0.2) is 11.6 Å². The number of aliphatic hydroxyl groups excluding tert-OH is 1. The number of aliphatic hydroxyl groups is 1. The van der Waals surface area contributed by atoms with Crippen molar-refractivity contribution in [2.24, 2.45) is 10.8 Å². The Bertz CT molecular complexity index is 626. The summed E-state index contributed by atoms with van der Waals surface area (Å²) >= 11 is 5.84. The zero-order valence-corrected chi connectivity index (χ0v) is 14.1. The zero-order valence-electron chi connectivity index (χ0n) is 13.4. The molecule has 0 bridgehead atoms. The van der Waals surface area contributed by atoms with E-state index in [2.05, 4.69) is 0 Å². The van der Waals surface area contributed by atoms with Gasteiger partial charge in [-0.2, -0.15) is 0 Å². The van der Waals surface area contributed by atoms with Crippen molar-refractivity contribution in [3.8, 4) is 0 Å². The summed E-state index contributed by atoms with van der Waals surface area (Å²) in [5.74, 6) is -0.891. The number of hydrogen-bond donors (Lipinski definition) is 1. The normalized spacial score (nSPS) is 42.6. The summed E-state index contributed by atoms with van der Waals surface area (Å²) < 4.78 is 5.40. The van der Waals surface area contributed by atoms with Crippen LogP contribution in [0.5, 0.6) is 0 Å². The number of Topliss-reactive ketones (excluding diaryl/α,β-unsaturated/α-hetero) is 2. The van der Waals surface area contributed by atoms with E-state index in [0.717, 1.165) is 0 Å². The fourth-order valence-corrected chi connectivity index (χ4v) is 4.73. The van der Waals surface area contributed by atoms with Gasteiger partial charge in [0.2, 0.25) is 0 Å². The molecule has 1 N–H and O–H groups in total. The molecule has 4 atom stereocenters. The van der Waals surface area contributed by atoms with Gasteiger partial charge in [0.15, 0.2) is 11.2 Å². The molecule has 1 unspecified atom stereocenters. The standard InChI is InChI=1S/C17H21ClO5/c1-15(6-7-18)12(20)9-17(14(22)23-16(15,17)2)13(21)10-4-3-5-11(19)8-10/h8,11,19H,3-7,9H2,1-2H3/t11?,15-,16-,17+/m0/s1. The molecule has 3 rings (SSSR count). The average molecular weight is 341 g/mol. The molecule has 0 spiro atoms. The minimum atomic E-state index is -1.45. The maximum atomic E-state index is 13.1. The van der Waals surface area contributed by atoms with E-state index in [4.69, 9.17) is 16.3 Å². The Kier molecular flexibility index (Phi) is 3.73. The maximum absolute atomic E-state index is 13.1. The van der Waals surface area contributed by atoms with Crippen molar-refractivity contribution in [3.63, 3.8) is 0 Å². The number of halogens is 1. The summed E-state index contributed by atoms with van der Waals surface area (Å²) in [5.41, 5.74) is -3.13. The number of ether oxygens (including phenoxy) is 1. The van der Waals surface area contributed by atoms with Gasteiger partial charge in [-0.05, 0) is 51.2 Å². The summed E-state index contributed by atoms with van der Waals surface area (Å²) in [4.78, 5) is 38.1. The Morgan fingerprint density at radius 2 is 2.13 bits per heavy atom. The Balaban J connectivity index is 2.05. The predicted molar refractivity (Wildman–Crippen MR) is 82.9 cm³/mol. The molecule has 2 fully saturated rings. The first-order chi connectivity index (χ1) is 10.7. The number of esters is 1. The largest absolute Gasteiger partial charge is 0.456 e. The molecule has 1 saturated heterocycles. The van der Waals surface area contributed by atoms with Gasteiger partial charge < -0.3 is 9.84 Å². The fraction of sp³-hybridized carbons (Fsp3) is 0.706. The second-order valence-corrected chi connectivity index (χ2v) is 7.56. The van der Waals surface area contributed by atoms with E-state index in [1.807, 2.05) is 0 Å². The van der Waals surface area contributed by atoms with Gasteiger partial charge >= 0.3 is 5.97 Å². The Labute approximate surface area is 140 Å². The quantitative estimate of drug-likeness (QED) is 0.480. The van der Waals surface area contributed by atoms with Crippen LogP contribution in [-0.2, 0) is 19.1 Å². The minimum Gasteiger partial charge on any atom is -0.456 e. The summed E-state index contributed by atoms with van der Waals surface area (Å²) in [6.45, 7) is 3.40. The third kappa shape index (κ3) is 1.86. The fourth-order valence-electron chi connectivity index (χ4n) is 4.35. The van der Waals surface area contributed by atoms with Crippen LogP contribution in [0.2, 0.25) is 0 Å². The molecular weight excluding hydrogens is 320 g/mol. The molecule has 0 amide bonds. The van der Waals surface area contributed by atoms with E-state index in [1.54, 1.807) is 13.8 Å². The highest BCUT2D eigenvalue weighted by Gasteiger charge is 2.83. The van der Waals surface area contributed by atoms with Gasteiger partial charge in [-0.1, -0.05) is 0 Å². The highest BCUT2D eigenvalue weighted by Crippen LogP contribution is 2.66. The highest BCUT2D eigenvalue weighted by molar-refractivity contribution is 6.22. The molecular formula is C17H21ClO5. The maximum Gasteiger partial charge on any atom is 0.325 e. The number of ketones is 2. The van der Waals surface area contributed by atoms with Gasteiger partial charge in [0.25, 0.3) is 0 Å². The number of carbonyl (C=O) groups excluding carboxylic acids is 3. The van der Waals surface area contributed by atoms with E-state index < -0.39 is 28.5 Å². The molecule has 0 aromatic rings. The topological polar surface area (TPSA) is 80.7 Å². The van der Waals surface area contributed by atoms with Crippen LogP contribution in [0.25, 0.3) is 0 Å². The third-order valence-electron chi connectivity index (χ3n) is 6.17. The van der Waals surface area contributed by atoms with E-state index in [0.29, 0.717) is 31.3 Å². The molecule has 0 aromatic carbocycles. The molecule has 1 saturated carbocycles. The first-order valence-electron chi connectivity index (χ1n) is 7.99. The number of rotatable bonds is 4. The summed E-state index contributed by atoms with van der Waals surface area (Å²) in [6.07, 6.45) is 2.88. The van der Waals surface area contributed by atoms with E-state index in [9.17, 15) is 19.5 Å². The molecule has 3 aliphatic rings. The molecule has 0 aromatic heterocycles. The van der Waals surface area contributed by atoms with Gasteiger partial charge in [0, 0.05) is 12.3 Å². The van der Waals surface area contributed by atoms with Crippen LogP contribution < -0.4 is 0 Å². The third-order valence-corrected chi connectivity index (χ3v) is 6.36. The van der Waals surface area contributed by atoms with Crippen molar-refractivity contribution in [1.29, 1.82) is 0 Å². The number of allylic oxidation sites excluding steroid dienone is 1. The van der Waals surface area contributed by atoms with E-state index in [1.165, 1.54) is 6.08 Å². The van der Waals surface area contributed by atoms with Crippen molar-refractivity contribution in [2.45, 2.75) is 57.7 Å². The van der Waals surface area contributed by atoms with Crippen LogP contribution in [-0.4, -0.2) is 40.2 Å². The minimum absolute atomic E-state index is 0.137. The lowest BCUT2D eigenvalue weighted by Gasteiger charge is -2.54. The number of fused-ring (bicyclic) bond motifs is 1. The Hall–Kier alpha value is -1.20. The molecule has 1 aliphatic heterocycles. The lowest BCUT2D eigenvalue weighted by molar-refractivity contribution is -0.244. The molecule has 2 aliphatic carbocycles. The average Bonchev–Trinajstić information content (AvgIpc) is 2.63. The van der Waals surface area contributed by atoms with Crippen molar-refractivity contribution in [1.82, 2.24) is 0 Å². The molecule has 23 heavy (non-hydrogen) atoms. The summed E-state index contributed by atoms with van der Waals surface area (Å²) in [7, 11) is 0. The molecule has 0 radical (unpaired) electrons. The lowest BCUT2D eigenvalue weighted by Crippen LogP contribution is -2.71. The van der Waals surface area contributed by atoms with Gasteiger partial charge in [0.1, 0.15) is 11.4 Å². The van der Waals surface area contributed by atoms with Crippen molar-refractivity contribution < 1.29 is 24.2 Å². The monoisotopic (exact) mass is 340 g/mol. The van der Waals surface area contributed by atoms with Crippen molar-refractivity contribution in [3.05, 3.63) is 11.6 Å². The van der Waals surface area contributed by atoms with Crippen LogP contribution in [0.1, 0.15) is 46.0 Å². The van der Waals surface area contributed by atoms with Gasteiger partial charge in [0.05, 0.1) is 11.5 Å². The highest BCUT2D eigenvalue weighted by atomic mass is 35.5. The second-order valence-electron chi connectivity index (χ2n) is 7.18. The first kappa shape index (κ1) is 16.7. The number of alkyl halides is 1. The van der Waals surface area contributed by atoms with Gasteiger partial charge in [-0.25, -0.2) is 0 Å². The smallest absolute Gasteiger partial charge is 0.325 e. The molecule has 1 heterocycles. The first-order valence-corrected chi connectivity index (χ1v) is 8.53.